The number of rotatable bonds is 6. The summed E-state index contributed by atoms with van der Waals surface area (Å²) >= 11 is 0. The maximum Gasteiger partial charge on any atom is 0.108 e. The van der Waals surface area contributed by atoms with Gasteiger partial charge in [-0.2, -0.15) is 0 Å². The van der Waals surface area contributed by atoms with Gasteiger partial charge in [0.15, 0.2) is 0 Å². The number of hydrogen-bond donors (Lipinski definition) is 2. The Hall–Kier alpha value is -0.420. The smallest absolute Gasteiger partial charge is 0.108 e. The Morgan fingerprint density at radius 3 is 2.84 bits per heavy atom. The number of nitrogens with one attached hydrogen (secondary N) is 1. The van der Waals surface area contributed by atoms with Crippen molar-refractivity contribution in [3.05, 3.63) is 12.2 Å². The molecule has 2 heterocycles. The minimum atomic E-state index is 0.0963. The molecule has 0 spiro atoms. The van der Waals surface area contributed by atoms with Crippen LogP contribution in [0.1, 0.15) is 32.1 Å². The van der Waals surface area contributed by atoms with Crippen molar-refractivity contribution in [2.24, 2.45) is 5.92 Å². The summed E-state index contributed by atoms with van der Waals surface area (Å²) in [4.78, 5) is 2.63. The van der Waals surface area contributed by atoms with Gasteiger partial charge in [-0.05, 0) is 51.2 Å². The number of aliphatic hydroxyl groups excluding tert-OH is 1. The number of likely N-dealkylation sites (tertiary alicyclic amines) is 1. The van der Waals surface area contributed by atoms with E-state index < -0.39 is 0 Å². The zero-order chi connectivity index (χ0) is 13.3. The van der Waals surface area contributed by atoms with Crippen LogP contribution in [0.3, 0.4) is 0 Å². The number of piperidine rings is 2. The van der Waals surface area contributed by atoms with Gasteiger partial charge in [-0.1, -0.05) is 18.6 Å². The van der Waals surface area contributed by atoms with E-state index in [1.54, 1.807) is 6.08 Å². The van der Waals surface area contributed by atoms with E-state index in [2.05, 4.69) is 10.2 Å². The zero-order valence-electron chi connectivity index (χ0n) is 11.9. The van der Waals surface area contributed by atoms with Gasteiger partial charge in [0.2, 0.25) is 0 Å². The van der Waals surface area contributed by atoms with Gasteiger partial charge in [0, 0.05) is 6.54 Å². The molecule has 2 rings (SSSR count). The van der Waals surface area contributed by atoms with E-state index in [9.17, 15) is 0 Å². The van der Waals surface area contributed by atoms with E-state index in [1.165, 1.54) is 45.3 Å². The molecule has 0 radical (unpaired) electrons. The molecule has 2 fully saturated rings. The average Bonchev–Trinajstić information content (AvgIpc) is 2.45. The van der Waals surface area contributed by atoms with Crippen LogP contribution in [0.2, 0.25) is 0 Å². The van der Waals surface area contributed by atoms with Crippen molar-refractivity contribution in [3.8, 4) is 0 Å². The van der Waals surface area contributed by atoms with Crippen molar-refractivity contribution in [2.45, 2.75) is 38.3 Å². The lowest BCUT2D eigenvalue weighted by Crippen LogP contribution is -2.44. The Morgan fingerprint density at radius 1 is 1.21 bits per heavy atom. The van der Waals surface area contributed by atoms with E-state index in [-0.39, 0.29) is 12.8 Å². The summed E-state index contributed by atoms with van der Waals surface area (Å²) in [5.41, 5.74) is 0. The first-order chi connectivity index (χ1) is 9.38. The molecule has 2 atom stereocenters. The van der Waals surface area contributed by atoms with Gasteiger partial charge in [-0.15, -0.1) is 0 Å². The highest BCUT2D eigenvalue weighted by atomic mass is 16.5. The fourth-order valence-electron chi connectivity index (χ4n) is 3.07. The van der Waals surface area contributed by atoms with E-state index in [1.807, 2.05) is 6.08 Å². The first-order valence-electron chi connectivity index (χ1n) is 7.71. The third kappa shape index (κ3) is 5.61. The molecule has 2 aliphatic heterocycles. The molecule has 4 nitrogen and oxygen atoms in total. The number of nitrogens with zero attached hydrogens (tertiary/aromatic N) is 1. The van der Waals surface area contributed by atoms with Crippen LogP contribution in [0.4, 0.5) is 0 Å². The molecule has 110 valence electrons. The molecular weight excluding hydrogens is 240 g/mol. The van der Waals surface area contributed by atoms with Gasteiger partial charge in [-0.3, -0.25) is 5.32 Å². The first kappa shape index (κ1) is 15.0. The summed E-state index contributed by atoms with van der Waals surface area (Å²) in [5.74, 6) is 0.770. The summed E-state index contributed by atoms with van der Waals surface area (Å²) in [6.45, 7) is 5.57. The number of ether oxygens (including phenoxy) is 1. The van der Waals surface area contributed by atoms with Crippen molar-refractivity contribution in [3.63, 3.8) is 0 Å². The topological polar surface area (TPSA) is 44.7 Å². The summed E-state index contributed by atoms with van der Waals surface area (Å²) in [7, 11) is 0. The van der Waals surface area contributed by atoms with Crippen molar-refractivity contribution >= 4 is 0 Å². The quantitative estimate of drug-likeness (QED) is 0.714. The van der Waals surface area contributed by atoms with Crippen LogP contribution in [-0.2, 0) is 4.74 Å². The Bertz CT molecular complexity index is 265. The van der Waals surface area contributed by atoms with Crippen molar-refractivity contribution in [1.82, 2.24) is 10.2 Å². The van der Waals surface area contributed by atoms with E-state index in [0.717, 1.165) is 18.9 Å². The average molecular weight is 268 g/mol. The van der Waals surface area contributed by atoms with Crippen molar-refractivity contribution < 1.29 is 9.84 Å². The summed E-state index contributed by atoms with van der Waals surface area (Å²) < 4.78 is 5.78. The SMILES string of the molecule is OC/C=C\COC1CC(CN2CCCCC2)CCN1. The first-order valence-corrected chi connectivity index (χ1v) is 7.71. The molecule has 2 aliphatic rings. The van der Waals surface area contributed by atoms with E-state index in [4.69, 9.17) is 9.84 Å². The monoisotopic (exact) mass is 268 g/mol. The maximum atomic E-state index is 8.66. The second-order valence-electron chi connectivity index (χ2n) is 5.68. The highest BCUT2D eigenvalue weighted by Crippen LogP contribution is 2.20. The zero-order valence-corrected chi connectivity index (χ0v) is 11.9. The molecule has 0 aromatic heterocycles. The van der Waals surface area contributed by atoms with Crippen LogP contribution in [0.15, 0.2) is 12.2 Å². The molecule has 0 aliphatic carbocycles. The largest absolute Gasteiger partial charge is 0.392 e. The predicted octanol–water partition coefficient (Wildman–Crippen LogP) is 1.36. The van der Waals surface area contributed by atoms with Crippen LogP contribution in [0.5, 0.6) is 0 Å². The fraction of sp³-hybridized carbons (Fsp3) is 0.867. The second-order valence-corrected chi connectivity index (χ2v) is 5.68. The van der Waals surface area contributed by atoms with Crippen LogP contribution in [0, 0.1) is 5.92 Å². The van der Waals surface area contributed by atoms with Crippen LogP contribution in [-0.4, -0.2) is 55.6 Å². The lowest BCUT2D eigenvalue weighted by Gasteiger charge is -2.35. The van der Waals surface area contributed by atoms with Gasteiger partial charge in [0.25, 0.3) is 0 Å². The molecular formula is C15H28N2O2. The van der Waals surface area contributed by atoms with Crippen LogP contribution in [0.25, 0.3) is 0 Å². The normalized spacial score (nSPS) is 29.9. The molecule has 0 amide bonds. The second kappa shape index (κ2) is 8.69. The minimum Gasteiger partial charge on any atom is -0.392 e. The van der Waals surface area contributed by atoms with Crippen molar-refractivity contribution in [2.75, 3.05) is 39.4 Å². The molecule has 0 aromatic rings. The highest BCUT2D eigenvalue weighted by molar-refractivity contribution is 4.82. The minimum absolute atomic E-state index is 0.0963. The van der Waals surface area contributed by atoms with Gasteiger partial charge in [-0.25, -0.2) is 0 Å². The Balaban J connectivity index is 1.66. The lowest BCUT2D eigenvalue weighted by molar-refractivity contribution is 0.00551. The molecule has 2 saturated heterocycles. The maximum absolute atomic E-state index is 8.66. The van der Waals surface area contributed by atoms with E-state index in [0.29, 0.717) is 6.61 Å². The summed E-state index contributed by atoms with van der Waals surface area (Å²) in [5, 5.41) is 12.1. The molecule has 4 heteroatoms. The summed E-state index contributed by atoms with van der Waals surface area (Å²) in [6.07, 6.45) is 10.3. The van der Waals surface area contributed by atoms with Crippen LogP contribution < -0.4 is 5.32 Å². The molecule has 2 N–H and O–H groups in total. The third-order valence-electron chi connectivity index (χ3n) is 4.10. The number of hydrogen-bond acceptors (Lipinski definition) is 4. The molecule has 0 saturated carbocycles. The molecule has 2 unspecified atom stereocenters. The van der Waals surface area contributed by atoms with Crippen LogP contribution >= 0.6 is 0 Å². The molecule has 0 bridgehead atoms. The third-order valence-corrected chi connectivity index (χ3v) is 4.10. The fourth-order valence-corrected chi connectivity index (χ4v) is 3.07. The number of aliphatic hydroxyl groups is 1. The van der Waals surface area contributed by atoms with Crippen molar-refractivity contribution in [1.29, 1.82) is 0 Å². The molecule has 0 aromatic carbocycles. The van der Waals surface area contributed by atoms with Gasteiger partial charge >= 0.3 is 0 Å². The standard InChI is InChI=1S/C15H28N2O2/c18-10-4-5-11-19-15-12-14(6-7-16-15)13-17-8-2-1-3-9-17/h4-5,14-16,18H,1-3,6-13H2/b5-4-. The lowest BCUT2D eigenvalue weighted by atomic mass is 9.95. The predicted molar refractivity (Wildman–Crippen MR) is 77.0 cm³/mol. The van der Waals surface area contributed by atoms with Gasteiger partial charge in [0.05, 0.1) is 13.2 Å². The van der Waals surface area contributed by atoms with Gasteiger partial charge < -0.3 is 14.7 Å². The highest BCUT2D eigenvalue weighted by Gasteiger charge is 2.24. The Morgan fingerprint density at radius 2 is 2.05 bits per heavy atom. The van der Waals surface area contributed by atoms with Gasteiger partial charge in [0.1, 0.15) is 6.23 Å². The summed E-state index contributed by atoms with van der Waals surface area (Å²) in [6, 6.07) is 0. The molecule has 19 heavy (non-hydrogen) atoms. The Labute approximate surface area is 116 Å². The Kier molecular flexibility index (Phi) is 6.85. The van der Waals surface area contributed by atoms with E-state index >= 15 is 0 Å².